The Hall–Kier alpha value is -2.05. The first-order valence-corrected chi connectivity index (χ1v) is 11.2. The number of nitrogens with one attached hydrogen (secondary N) is 2. The third kappa shape index (κ3) is 4.50. The van der Waals surface area contributed by atoms with E-state index < -0.39 is 0 Å². The average molecular weight is 398 g/mol. The summed E-state index contributed by atoms with van der Waals surface area (Å²) in [5.74, 6) is 0.917. The van der Waals surface area contributed by atoms with Gasteiger partial charge in [-0.15, -0.1) is 11.3 Å². The molecule has 2 atom stereocenters. The Morgan fingerprint density at radius 2 is 2.11 bits per heavy atom. The number of nitrogens with zero attached hydrogens (tertiary/aromatic N) is 3. The molecule has 0 amide bonds. The Labute approximate surface area is 172 Å². The molecule has 2 unspecified atom stereocenters. The summed E-state index contributed by atoms with van der Waals surface area (Å²) in [6, 6.07) is 13.9. The highest BCUT2D eigenvalue weighted by Crippen LogP contribution is 2.25. The van der Waals surface area contributed by atoms with Crippen LogP contribution in [0.4, 0.5) is 5.69 Å². The summed E-state index contributed by atoms with van der Waals surface area (Å²) < 4.78 is 0. The lowest BCUT2D eigenvalue weighted by Crippen LogP contribution is -2.49. The normalized spacial score (nSPS) is 21.4. The van der Waals surface area contributed by atoms with Crippen molar-refractivity contribution in [1.29, 1.82) is 0 Å². The van der Waals surface area contributed by atoms with Gasteiger partial charge in [-0.3, -0.25) is 9.89 Å². The maximum Gasteiger partial charge on any atom is 0.191 e. The highest BCUT2D eigenvalue weighted by atomic mass is 32.1. The second-order valence-electron chi connectivity index (χ2n) is 7.80. The van der Waals surface area contributed by atoms with E-state index in [-0.39, 0.29) is 0 Å². The Balaban J connectivity index is 1.24. The van der Waals surface area contributed by atoms with Crippen LogP contribution in [0.5, 0.6) is 0 Å². The molecule has 1 saturated heterocycles. The predicted molar refractivity (Wildman–Crippen MR) is 119 cm³/mol. The molecule has 0 bridgehead atoms. The van der Waals surface area contributed by atoms with Crippen LogP contribution >= 0.6 is 11.3 Å². The van der Waals surface area contributed by atoms with Gasteiger partial charge in [0.1, 0.15) is 0 Å². The second-order valence-corrected chi connectivity index (χ2v) is 8.80. The first-order chi connectivity index (χ1) is 13.7. The second kappa shape index (κ2) is 8.97. The first-order valence-electron chi connectivity index (χ1n) is 10.3. The minimum atomic E-state index is 0.435. The fourth-order valence-corrected chi connectivity index (χ4v) is 5.05. The van der Waals surface area contributed by atoms with Crippen LogP contribution in [0, 0.1) is 0 Å². The fraction of sp³-hybridized carbons (Fsp3) is 0.500. The van der Waals surface area contributed by atoms with Crippen LogP contribution in [-0.4, -0.2) is 56.2 Å². The number of aliphatic imine (C=N–C) groups is 1. The monoisotopic (exact) mass is 397 g/mol. The number of rotatable bonds is 5. The van der Waals surface area contributed by atoms with Crippen LogP contribution in [0.2, 0.25) is 0 Å². The molecule has 150 valence electrons. The molecule has 1 fully saturated rings. The Morgan fingerprint density at radius 3 is 2.93 bits per heavy atom. The van der Waals surface area contributed by atoms with Crippen LogP contribution in [0.15, 0.2) is 46.8 Å². The molecule has 4 rings (SSSR count). The SMILES string of the molecule is CN=C(NCC(C)N1CCc2sccc2C1)NC1CCN(c2ccccc2)C1. The molecule has 2 aromatic rings. The van der Waals surface area contributed by atoms with Crippen molar-refractivity contribution in [2.75, 3.05) is 38.1 Å². The number of benzene rings is 1. The molecule has 1 aromatic heterocycles. The van der Waals surface area contributed by atoms with Gasteiger partial charge in [-0.2, -0.15) is 0 Å². The van der Waals surface area contributed by atoms with Gasteiger partial charge in [0.05, 0.1) is 0 Å². The number of anilines is 1. The van der Waals surface area contributed by atoms with Crippen molar-refractivity contribution in [1.82, 2.24) is 15.5 Å². The maximum absolute atomic E-state index is 4.45. The van der Waals surface area contributed by atoms with Crippen molar-refractivity contribution in [3.63, 3.8) is 0 Å². The quantitative estimate of drug-likeness (QED) is 0.601. The molecular weight excluding hydrogens is 366 g/mol. The van der Waals surface area contributed by atoms with Crippen molar-refractivity contribution < 1.29 is 0 Å². The Kier molecular flexibility index (Phi) is 6.17. The van der Waals surface area contributed by atoms with Gasteiger partial charge in [-0.25, -0.2) is 0 Å². The number of hydrogen-bond donors (Lipinski definition) is 2. The summed E-state index contributed by atoms with van der Waals surface area (Å²) in [6.45, 7) is 7.55. The van der Waals surface area contributed by atoms with Crippen LogP contribution in [0.25, 0.3) is 0 Å². The molecule has 1 aromatic carbocycles. The molecule has 0 spiro atoms. The highest BCUT2D eigenvalue weighted by molar-refractivity contribution is 7.10. The van der Waals surface area contributed by atoms with E-state index in [2.05, 4.69) is 74.1 Å². The summed E-state index contributed by atoms with van der Waals surface area (Å²) in [7, 11) is 1.86. The lowest BCUT2D eigenvalue weighted by Gasteiger charge is -2.33. The number of guanidine groups is 1. The first kappa shape index (κ1) is 19.3. The molecule has 0 radical (unpaired) electrons. The van der Waals surface area contributed by atoms with E-state index in [1.54, 1.807) is 4.88 Å². The average Bonchev–Trinajstić information content (AvgIpc) is 3.40. The van der Waals surface area contributed by atoms with E-state index in [0.717, 1.165) is 45.1 Å². The summed E-state index contributed by atoms with van der Waals surface area (Å²) in [5.41, 5.74) is 2.82. The van der Waals surface area contributed by atoms with Crippen molar-refractivity contribution in [2.45, 2.75) is 38.4 Å². The van der Waals surface area contributed by atoms with E-state index in [9.17, 15) is 0 Å². The molecule has 5 nitrogen and oxygen atoms in total. The molecule has 2 aliphatic rings. The summed E-state index contributed by atoms with van der Waals surface area (Å²) >= 11 is 1.90. The van der Waals surface area contributed by atoms with Crippen molar-refractivity contribution in [2.24, 2.45) is 4.99 Å². The third-order valence-electron chi connectivity index (χ3n) is 5.90. The zero-order valence-corrected chi connectivity index (χ0v) is 17.7. The summed E-state index contributed by atoms with van der Waals surface area (Å²) in [5, 5.41) is 9.39. The maximum atomic E-state index is 4.45. The zero-order chi connectivity index (χ0) is 19.3. The van der Waals surface area contributed by atoms with Crippen LogP contribution in [0.1, 0.15) is 23.8 Å². The summed E-state index contributed by atoms with van der Waals surface area (Å²) in [6.07, 6.45) is 2.32. The van der Waals surface area contributed by atoms with Crippen molar-refractivity contribution in [3.8, 4) is 0 Å². The molecule has 3 heterocycles. The number of hydrogen-bond acceptors (Lipinski definition) is 4. The number of fused-ring (bicyclic) bond motifs is 1. The van der Waals surface area contributed by atoms with Gasteiger partial charge in [0.15, 0.2) is 5.96 Å². The fourth-order valence-electron chi connectivity index (χ4n) is 4.16. The standard InChI is InChI=1S/C22H31N5S/c1-17(26-12-9-21-18(15-26)10-13-28-21)14-24-22(23-2)25-19-8-11-27(16-19)20-6-4-3-5-7-20/h3-7,10,13,17,19H,8-9,11-12,14-16H2,1-2H3,(H2,23,24,25). The topological polar surface area (TPSA) is 42.9 Å². The molecule has 28 heavy (non-hydrogen) atoms. The highest BCUT2D eigenvalue weighted by Gasteiger charge is 2.24. The molecule has 2 N–H and O–H groups in total. The molecule has 0 saturated carbocycles. The van der Waals surface area contributed by atoms with Gasteiger partial charge >= 0.3 is 0 Å². The lowest BCUT2D eigenvalue weighted by molar-refractivity contribution is 0.192. The van der Waals surface area contributed by atoms with Gasteiger partial charge in [-0.1, -0.05) is 18.2 Å². The smallest absolute Gasteiger partial charge is 0.191 e. The summed E-state index contributed by atoms with van der Waals surface area (Å²) in [4.78, 5) is 11.0. The third-order valence-corrected chi connectivity index (χ3v) is 6.92. The Morgan fingerprint density at radius 1 is 1.25 bits per heavy atom. The van der Waals surface area contributed by atoms with Crippen LogP contribution in [-0.2, 0) is 13.0 Å². The predicted octanol–water partition coefficient (Wildman–Crippen LogP) is 2.94. The van der Waals surface area contributed by atoms with Crippen LogP contribution < -0.4 is 15.5 Å². The van der Waals surface area contributed by atoms with Gasteiger partial charge in [-0.05, 0) is 48.9 Å². The number of para-hydroxylation sites is 1. The molecule has 6 heteroatoms. The van der Waals surface area contributed by atoms with Gasteiger partial charge in [0.25, 0.3) is 0 Å². The van der Waals surface area contributed by atoms with Gasteiger partial charge < -0.3 is 15.5 Å². The Bertz CT molecular complexity index is 787. The van der Waals surface area contributed by atoms with Crippen molar-refractivity contribution >= 4 is 23.0 Å². The van der Waals surface area contributed by atoms with E-state index >= 15 is 0 Å². The van der Waals surface area contributed by atoms with Crippen molar-refractivity contribution in [3.05, 3.63) is 52.2 Å². The molecule has 2 aliphatic heterocycles. The van der Waals surface area contributed by atoms with E-state index in [1.807, 2.05) is 18.4 Å². The zero-order valence-electron chi connectivity index (χ0n) is 16.9. The minimum Gasteiger partial charge on any atom is -0.369 e. The number of thiophene rings is 1. The van der Waals surface area contributed by atoms with E-state index in [4.69, 9.17) is 0 Å². The molecule has 0 aliphatic carbocycles. The van der Waals surface area contributed by atoms with Gasteiger partial charge in [0, 0.05) is 62.4 Å². The lowest BCUT2D eigenvalue weighted by atomic mass is 10.1. The largest absolute Gasteiger partial charge is 0.369 e. The minimum absolute atomic E-state index is 0.435. The van der Waals surface area contributed by atoms with Gasteiger partial charge in [0.2, 0.25) is 0 Å². The molecular formula is C22H31N5S. The van der Waals surface area contributed by atoms with Crippen LogP contribution in [0.3, 0.4) is 0 Å². The van der Waals surface area contributed by atoms with E-state index in [1.165, 1.54) is 17.7 Å². The van der Waals surface area contributed by atoms with E-state index in [0.29, 0.717) is 12.1 Å².